The summed E-state index contributed by atoms with van der Waals surface area (Å²) in [4.78, 5) is 0. The van der Waals surface area contributed by atoms with Crippen molar-refractivity contribution >= 4 is 11.8 Å². The Morgan fingerprint density at radius 1 is 1.30 bits per heavy atom. The lowest BCUT2D eigenvalue weighted by molar-refractivity contribution is 0.439. The highest BCUT2D eigenvalue weighted by molar-refractivity contribution is 7.98. The standard InChI is InChI=1S/C8H19NS/c1-7(2)8(3)9-5-6-10-4/h7-9H,5-6H2,1-4H3/t8-/m0/s1. The smallest absolute Gasteiger partial charge is 0.00620 e. The van der Waals surface area contributed by atoms with E-state index >= 15 is 0 Å². The largest absolute Gasteiger partial charge is 0.313 e. The molecule has 0 aliphatic rings. The van der Waals surface area contributed by atoms with Crippen molar-refractivity contribution in [2.24, 2.45) is 5.92 Å². The SMILES string of the molecule is CSCCN[C@@H](C)C(C)C. The zero-order valence-electron chi connectivity index (χ0n) is 7.48. The van der Waals surface area contributed by atoms with Crippen LogP contribution in [0, 0.1) is 5.92 Å². The van der Waals surface area contributed by atoms with Gasteiger partial charge in [-0.2, -0.15) is 11.8 Å². The van der Waals surface area contributed by atoms with Crippen molar-refractivity contribution in [3.8, 4) is 0 Å². The van der Waals surface area contributed by atoms with Crippen LogP contribution < -0.4 is 5.32 Å². The first-order chi connectivity index (χ1) is 4.68. The molecule has 0 amide bonds. The highest BCUT2D eigenvalue weighted by Gasteiger charge is 2.03. The quantitative estimate of drug-likeness (QED) is 0.619. The number of thioether (sulfide) groups is 1. The molecular formula is C8H19NS. The lowest BCUT2D eigenvalue weighted by atomic mass is 10.1. The molecule has 0 heterocycles. The Balaban J connectivity index is 3.13. The maximum absolute atomic E-state index is 3.46. The van der Waals surface area contributed by atoms with Gasteiger partial charge in [0.1, 0.15) is 0 Å². The summed E-state index contributed by atoms with van der Waals surface area (Å²) in [5, 5.41) is 3.46. The maximum Gasteiger partial charge on any atom is 0.00620 e. The third-order valence-electron chi connectivity index (χ3n) is 1.77. The van der Waals surface area contributed by atoms with Gasteiger partial charge in [-0.25, -0.2) is 0 Å². The van der Waals surface area contributed by atoms with Crippen LogP contribution in [-0.2, 0) is 0 Å². The molecule has 1 N–H and O–H groups in total. The van der Waals surface area contributed by atoms with Crippen molar-refractivity contribution in [3.05, 3.63) is 0 Å². The fraction of sp³-hybridized carbons (Fsp3) is 1.00. The van der Waals surface area contributed by atoms with Crippen LogP contribution in [0.5, 0.6) is 0 Å². The summed E-state index contributed by atoms with van der Waals surface area (Å²) >= 11 is 1.89. The van der Waals surface area contributed by atoms with E-state index in [1.165, 1.54) is 5.75 Å². The first-order valence-corrected chi connectivity index (χ1v) is 5.30. The van der Waals surface area contributed by atoms with E-state index in [1.807, 2.05) is 11.8 Å². The highest BCUT2D eigenvalue weighted by Crippen LogP contribution is 1.99. The molecule has 0 saturated heterocycles. The predicted molar refractivity (Wildman–Crippen MR) is 50.7 cm³/mol. The highest BCUT2D eigenvalue weighted by atomic mass is 32.2. The van der Waals surface area contributed by atoms with Crippen molar-refractivity contribution in [3.63, 3.8) is 0 Å². The molecule has 1 atom stereocenters. The Kier molecular flexibility index (Phi) is 6.24. The molecule has 0 aliphatic carbocycles. The van der Waals surface area contributed by atoms with Crippen LogP contribution in [0.3, 0.4) is 0 Å². The predicted octanol–water partition coefficient (Wildman–Crippen LogP) is 1.98. The van der Waals surface area contributed by atoms with Crippen molar-refractivity contribution < 1.29 is 0 Å². The number of nitrogens with one attached hydrogen (secondary N) is 1. The van der Waals surface area contributed by atoms with Crippen molar-refractivity contribution in [1.82, 2.24) is 5.32 Å². The van der Waals surface area contributed by atoms with Crippen LogP contribution in [0.1, 0.15) is 20.8 Å². The van der Waals surface area contributed by atoms with Gasteiger partial charge in [-0.1, -0.05) is 13.8 Å². The second kappa shape index (κ2) is 6.05. The summed E-state index contributed by atoms with van der Waals surface area (Å²) in [5.41, 5.74) is 0. The van der Waals surface area contributed by atoms with Crippen LogP contribution in [0.25, 0.3) is 0 Å². The second-order valence-electron chi connectivity index (χ2n) is 2.98. The van der Waals surface area contributed by atoms with E-state index in [-0.39, 0.29) is 0 Å². The average Bonchev–Trinajstić information content (AvgIpc) is 1.88. The lowest BCUT2D eigenvalue weighted by Crippen LogP contribution is -2.32. The molecule has 62 valence electrons. The fourth-order valence-electron chi connectivity index (χ4n) is 0.624. The summed E-state index contributed by atoms with van der Waals surface area (Å²) in [7, 11) is 0. The average molecular weight is 161 g/mol. The van der Waals surface area contributed by atoms with Crippen LogP contribution in [0.4, 0.5) is 0 Å². The Morgan fingerprint density at radius 3 is 2.30 bits per heavy atom. The Labute approximate surface area is 69.0 Å². The van der Waals surface area contributed by atoms with E-state index in [2.05, 4.69) is 32.3 Å². The molecule has 10 heavy (non-hydrogen) atoms. The molecule has 0 aromatic heterocycles. The van der Waals surface area contributed by atoms with Gasteiger partial charge in [-0.3, -0.25) is 0 Å². The molecule has 0 unspecified atom stereocenters. The molecule has 0 aromatic carbocycles. The van der Waals surface area contributed by atoms with Gasteiger partial charge in [0, 0.05) is 18.3 Å². The zero-order valence-corrected chi connectivity index (χ0v) is 8.29. The first-order valence-electron chi connectivity index (χ1n) is 3.90. The van der Waals surface area contributed by atoms with E-state index in [0.717, 1.165) is 12.5 Å². The molecule has 0 aromatic rings. The first kappa shape index (κ1) is 10.3. The minimum absolute atomic E-state index is 0.659. The fourth-order valence-corrected chi connectivity index (χ4v) is 0.946. The van der Waals surface area contributed by atoms with Gasteiger partial charge >= 0.3 is 0 Å². The lowest BCUT2D eigenvalue weighted by Gasteiger charge is -2.16. The van der Waals surface area contributed by atoms with E-state index in [9.17, 15) is 0 Å². The molecule has 0 spiro atoms. The van der Waals surface area contributed by atoms with Crippen molar-refractivity contribution in [2.45, 2.75) is 26.8 Å². The normalized spacial score (nSPS) is 14.1. The van der Waals surface area contributed by atoms with Gasteiger partial charge in [0.05, 0.1) is 0 Å². The molecule has 2 heteroatoms. The van der Waals surface area contributed by atoms with E-state index in [4.69, 9.17) is 0 Å². The van der Waals surface area contributed by atoms with Crippen LogP contribution >= 0.6 is 11.8 Å². The van der Waals surface area contributed by atoms with E-state index < -0.39 is 0 Å². The summed E-state index contributed by atoms with van der Waals surface area (Å²) in [6, 6.07) is 0.659. The molecule has 1 nitrogen and oxygen atoms in total. The van der Waals surface area contributed by atoms with Crippen LogP contribution in [0.15, 0.2) is 0 Å². The van der Waals surface area contributed by atoms with Gasteiger partial charge in [0.15, 0.2) is 0 Å². The van der Waals surface area contributed by atoms with Gasteiger partial charge in [0.2, 0.25) is 0 Å². The van der Waals surface area contributed by atoms with Crippen molar-refractivity contribution in [2.75, 3.05) is 18.6 Å². The van der Waals surface area contributed by atoms with E-state index in [1.54, 1.807) is 0 Å². The summed E-state index contributed by atoms with van der Waals surface area (Å²) in [5.74, 6) is 1.97. The molecule has 0 saturated carbocycles. The minimum Gasteiger partial charge on any atom is -0.313 e. The van der Waals surface area contributed by atoms with Gasteiger partial charge < -0.3 is 5.32 Å². The Bertz CT molecular complexity index is 73.7. The summed E-state index contributed by atoms with van der Waals surface area (Å²) < 4.78 is 0. The Hall–Kier alpha value is 0.310. The molecule has 0 rings (SSSR count). The summed E-state index contributed by atoms with van der Waals surface area (Å²) in [6.45, 7) is 7.87. The van der Waals surface area contributed by atoms with Gasteiger partial charge in [0.25, 0.3) is 0 Å². The van der Waals surface area contributed by atoms with Gasteiger partial charge in [-0.15, -0.1) is 0 Å². The second-order valence-corrected chi connectivity index (χ2v) is 3.97. The monoisotopic (exact) mass is 161 g/mol. The molecule has 0 fully saturated rings. The van der Waals surface area contributed by atoms with Crippen molar-refractivity contribution in [1.29, 1.82) is 0 Å². The maximum atomic E-state index is 3.46. The Morgan fingerprint density at radius 2 is 1.90 bits per heavy atom. The number of rotatable bonds is 5. The molecular weight excluding hydrogens is 142 g/mol. The van der Waals surface area contributed by atoms with E-state index in [0.29, 0.717) is 6.04 Å². The minimum atomic E-state index is 0.659. The van der Waals surface area contributed by atoms with Gasteiger partial charge in [-0.05, 0) is 19.1 Å². The zero-order chi connectivity index (χ0) is 7.98. The number of hydrogen-bond acceptors (Lipinski definition) is 2. The van der Waals surface area contributed by atoms with Crippen LogP contribution in [-0.4, -0.2) is 24.6 Å². The number of hydrogen-bond donors (Lipinski definition) is 1. The third-order valence-corrected chi connectivity index (χ3v) is 2.38. The topological polar surface area (TPSA) is 12.0 Å². The van der Waals surface area contributed by atoms with Crippen LogP contribution in [0.2, 0.25) is 0 Å². The molecule has 0 aliphatic heterocycles. The molecule has 0 radical (unpaired) electrons. The molecule has 0 bridgehead atoms. The summed E-state index contributed by atoms with van der Waals surface area (Å²) in [6.07, 6.45) is 2.14. The third kappa shape index (κ3) is 5.12.